The van der Waals surface area contributed by atoms with Gasteiger partial charge in [0.05, 0.1) is 0 Å². The Balaban J connectivity index is 0.000000149. The van der Waals surface area contributed by atoms with Gasteiger partial charge in [0, 0.05) is 24.0 Å². The maximum absolute atomic E-state index is 11.1. The maximum Gasteiger partial charge on any atom is 0.255 e. The fourth-order valence-corrected chi connectivity index (χ4v) is 1.54. The Hall–Kier alpha value is -2.55. The summed E-state index contributed by atoms with van der Waals surface area (Å²) in [6.07, 6.45) is 13.2. The van der Waals surface area contributed by atoms with E-state index in [4.69, 9.17) is 0 Å². The van der Waals surface area contributed by atoms with Crippen LogP contribution in [0.3, 0.4) is 0 Å². The van der Waals surface area contributed by atoms with Crippen LogP contribution >= 0.6 is 0 Å². The third-order valence-corrected chi connectivity index (χ3v) is 2.40. The van der Waals surface area contributed by atoms with Crippen LogP contribution in [0.2, 0.25) is 0 Å². The summed E-state index contributed by atoms with van der Waals surface area (Å²) in [5.41, 5.74) is -0.0249. The van der Waals surface area contributed by atoms with Gasteiger partial charge in [0.2, 0.25) is 0 Å². The molecule has 0 unspecified atom stereocenters. The van der Waals surface area contributed by atoms with E-state index in [0.717, 1.165) is 10.8 Å². The van der Waals surface area contributed by atoms with Gasteiger partial charge >= 0.3 is 0 Å². The molecule has 3 rings (SSSR count). The van der Waals surface area contributed by atoms with Crippen LogP contribution in [0.1, 0.15) is 0 Å². The molecule has 0 aliphatic carbocycles. The number of rotatable bonds is 0. The molecule has 0 saturated carbocycles. The molecule has 0 bridgehead atoms. The Morgan fingerprint density at radius 3 is 2.28 bits per heavy atom. The van der Waals surface area contributed by atoms with E-state index in [-0.39, 0.29) is 5.56 Å². The minimum Gasteiger partial charge on any atom is -0.368 e. The van der Waals surface area contributed by atoms with Gasteiger partial charge in [-0.05, 0) is 29.7 Å². The lowest BCUT2D eigenvalue weighted by atomic mass is 10.2. The summed E-state index contributed by atoms with van der Waals surface area (Å²) in [4.78, 5) is 13.7. The van der Waals surface area contributed by atoms with Crippen LogP contribution in [-0.2, 0) is 0 Å². The number of aromatic nitrogens is 1. The third-order valence-electron chi connectivity index (χ3n) is 2.40. The van der Waals surface area contributed by atoms with Crippen molar-refractivity contribution in [1.82, 2.24) is 10.3 Å². The summed E-state index contributed by atoms with van der Waals surface area (Å²) >= 11 is 0. The van der Waals surface area contributed by atoms with E-state index in [1.54, 1.807) is 6.20 Å². The first kappa shape index (κ1) is 11.9. The number of H-pyrrole nitrogens is 1. The van der Waals surface area contributed by atoms with Crippen LogP contribution < -0.4 is 10.9 Å². The lowest BCUT2D eigenvalue weighted by Gasteiger charge is -1.92. The molecule has 3 nitrogen and oxygen atoms in total. The highest BCUT2D eigenvalue weighted by molar-refractivity contribution is 5.80. The molecule has 0 spiro atoms. The standard InChI is InChI=1S/C9H7NO.C6H7N/c11-9-8-4-2-1-3-7(8)5-6-10-9;1-2-4-6-7-5-3-1/h1-6H,(H,10,11);1-7H. The summed E-state index contributed by atoms with van der Waals surface area (Å²) in [6, 6.07) is 9.40. The highest BCUT2D eigenvalue weighted by Gasteiger charge is 1.92. The number of fused-ring (bicyclic) bond motifs is 1. The topological polar surface area (TPSA) is 44.9 Å². The monoisotopic (exact) mass is 238 g/mol. The second-order valence-electron chi connectivity index (χ2n) is 3.66. The number of hydrogen-bond donors (Lipinski definition) is 2. The van der Waals surface area contributed by atoms with Gasteiger partial charge in [0.1, 0.15) is 0 Å². The second kappa shape index (κ2) is 6.25. The summed E-state index contributed by atoms with van der Waals surface area (Å²) in [6.45, 7) is 0. The Morgan fingerprint density at radius 2 is 1.56 bits per heavy atom. The number of hydrogen-bond acceptors (Lipinski definition) is 2. The minimum atomic E-state index is -0.0249. The molecule has 0 amide bonds. The third kappa shape index (κ3) is 3.22. The molecule has 1 aliphatic rings. The fraction of sp³-hybridized carbons (Fsp3) is 0. The predicted molar refractivity (Wildman–Crippen MR) is 75.1 cm³/mol. The van der Waals surface area contributed by atoms with Gasteiger partial charge in [-0.25, -0.2) is 0 Å². The molecule has 2 aromatic rings. The van der Waals surface area contributed by atoms with Crippen LogP contribution in [-0.4, -0.2) is 4.98 Å². The molecule has 2 N–H and O–H groups in total. The van der Waals surface area contributed by atoms with E-state index in [9.17, 15) is 4.79 Å². The Labute approximate surface area is 105 Å². The van der Waals surface area contributed by atoms with Crippen molar-refractivity contribution in [3.05, 3.63) is 83.6 Å². The van der Waals surface area contributed by atoms with Crippen molar-refractivity contribution in [2.45, 2.75) is 0 Å². The number of aromatic amines is 1. The maximum atomic E-state index is 11.1. The number of benzene rings is 1. The zero-order valence-electron chi connectivity index (χ0n) is 9.84. The molecule has 1 aliphatic heterocycles. The number of pyridine rings is 1. The fourth-order valence-electron chi connectivity index (χ4n) is 1.54. The van der Waals surface area contributed by atoms with Crippen molar-refractivity contribution in [2.75, 3.05) is 0 Å². The van der Waals surface area contributed by atoms with Gasteiger partial charge < -0.3 is 10.3 Å². The van der Waals surface area contributed by atoms with Gasteiger partial charge in [0.25, 0.3) is 5.56 Å². The van der Waals surface area contributed by atoms with E-state index in [1.807, 2.05) is 67.0 Å². The predicted octanol–water partition coefficient (Wildman–Crippen LogP) is 2.70. The Morgan fingerprint density at radius 1 is 0.833 bits per heavy atom. The summed E-state index contributed by atoms with van der Waals surface area (Å²) in [5, 5.41) is 4.65. The van der Waals surface area contributed by atoms with E-state index in [0.29, 0.717) is 0 Å². The van der Waals surface area contributed by atoms with Gasteiger partial charge in [-0.3, -0.25) is 4.79 Å². The molecule has 0 fully saturated rings. The van der Waals surface area contributed by atoms with Crippen LogP contribution in [0.5, 0.6) is 0 Å². The molecule has 1 aromatic heterocycles. The first-order chi connectivity index (χ1) is 8.88. The van der Waals surface area contributed by atoms with E-state index in [2.05, 4.69) is 10.3 Å². The lowest BCUT2D eigenvalue weighted by Crippen LogP contribution is -2.03. The normalized spacial score (nSPS) is 12.4. The van der Waals surface area contributed by atoms with E-state index in [1.165, 1.54) is 0 Å². The van der Waals surface area contributed by atoms with Crippen LogP contribution in [0.15, 0.2) is 78.0 Å². The summed E-state index contributed by atoms with van der Waals surface area (Å²) in [5.74, 6) is 0. The van der Waals surface area contributed by atoms with Crippen molar-refractivity contribution in [1.29, 1.82) is 0 Å². The molecular weight excluding hydrogens is 224 g/mol. The van der Waals surface area contributed by atoms with Gasteiger partial charge in [0.15, 0.2) is 0 Å². The minimum absolute atomic E-state index is 0.0249. The Bertz CT molecular complexity index is 631. The highest BCUT2D eigenvalue weighted by atomic mass is 16.1. The zero-order valence-corrected chi connectivity index (χ0v) is 9.84. The van der Waals surface area contributed by atoms with Crippen LogP contribution in [0, 0.1) is 0 Å². The van der Waals surface area contributed by atoms with E-state index < -0.39 is 0 Å². The largest absolute Gasteiger partial charge is 0.368 e. The molecule has 1 aromatic carbocycles. The molecule has 18 heavy (non-hydrogen) atoms. The molecule has 0 atom stereocenters. The lowest BCUT2D eigenvalue weighted by molar-refractivity contribution is 1.20. The summed E-state index contributed by atoms with van der Waals surface area (Å²) < 4.78 is 0. The van der Waals surface area contributed by atoms with Crippen LogP contribution in [0.4, 0.5) is 0 Å². The zero-order chi connectivity index (χ0) is 12.6. The number of nitrogens with one attached hydrogen (secondary N) is 2. The van der Waals surface area contributed by atoms with Crippen molar-refractivity contribution in [3.63, 3.8) is 0 Å². The van der Waals surface area contributed by atoms with Crippen molar-refractivity contribution < 1.29 is 0 Å². The van der Waals surface area contributed by atoms with Crippen LogP contribution in [0.25, 0.3) is 10.8 Å². The van der Waals surface area contributed by atoms with Gasteiger partial charge in [-0.15, -0.1) is 0 Å². The SMILES string of the molecule is C1=CC=CNC=C1.O=c1[nH]ccc2ccccc12. The first-order valence-electron chi connectivity index (χ1n) is 5.69. The average Bonchev–Trinajstić information content (AvgIpc) is 2.72. The molecule has 90 valence electrons. The van der Waals surface area contributed by atoms with Crippen molar-refractivity contribution in [3.8, 4) is 0 Å². The first-order valence-corrected chi connectivity index (χ1v) is 5.69. The van der Waals surface area contributed by atoms with Crippen molar-refractivity contribution in [2.24, 2.45) is 0 Å². The van der Waals surface area contributed by atoms with Crippen molar-refractivity contribution >= 4 is 10.8 Å². The molecule has 3 heteroatoms. The number of allylic oxidation sites excluding steroid dienone is 4. The highest BCUT2D eigenvalue weighted by Crippen LogP contribution is 2.05. The molecule has 2 heterocycles. The van der Waals surface area contributed by atoms with Gasteiger partial charge in [-0.1, -0.05) is 30.4 Å². The second-order valence-corrected chi connectivity index (χ2v) is 3.66. The molecular formula is C15H14N2O. The van der Waals surface area contributed by atoms with E-state index >= 15 is 0 Å². The average molecular weight is 238 g/mol. The smallest absolute Gasteiger partial charge is 0.255 e. The quantitative estimate of drug-likeness (QED) is 0.741. The summed E-state index contributed by atoms with van der Waals surface area (Å²) in [7, 11) is 0. The van der Waals surface area contributed by atoms with Gasteiger partial charge in [-0.2, -0.15) is 0 Å². The Kier molecular flexibility index (Phi) is 4.14. The molecule has 0 saturated heterocycles. The molecule has 0 radical (unpaired) electrons.